The van der Waals surface area contributed by atoms with Crippen molar-refractivity contribution in [2.45, 2.75) is 0 Å². The first-order valence-corrected chi connectivity index (χ1v) is 5.13. The number of rotatable bonds is 0. The monoisotopic (exact) mass is 311 g/mol. The van der Waals surface area contributed by atoms with Crippen molar-refractivity contribution < 1.29 is 92.9 Å². The summed E-state index contributed by atoms with van der Waals surface area (Å²) in [6, 6.07) is -0.833. The molecule has 0 aromatic heterocycles. The third kappa shape index (κ3) is 3970. The second-order valence-electron chi connectivity index (χ2n) is 1.32. The fraction of sp³-hybridized carbons (Fsp3) is 0. The van der Waals surface area contributed by atoms with Crippen LogP contribution in [0.3, 0.4) is 0 Å². The van der Waals surface area contributed by atoms with Crippen LogP contribution in [0.4, 0.5) is 4.79 Å². The van der Waals surface area contributed by atoms with Crippen LogP contribution in [0.15, 0.2) is 0 Å². The van der Waals surface area contributed by atoms with Gasteiger partial charge in [0.1, 0.15) is 0 Å². The SMILES string of the molecule is NC(N)=O.O=P(O)(O)O.O=S(=O)([O-])[O-].[K+].[NH4+]. The molecule has 0 atom stereocenters. The predicted molar refractivity (Wildman–Crippen MR) is 44.5 cm³/mol. The number of carbonyl (C=O) groups excluding carboxylic acids is 1. The number of hydrogen-bond acceptors (Lipinski definition) is 6. The van der Waals surface area contributed by atoms with E-state index in [4.69, 9.17) is 41.6 Å². The summed E-state index contributed by atoms with van der Waals surface area (Å²) in [6.07, 6.45) is 0. The van der Waals surface area contributed by atoms with Crippen molar-refractivity contribution in [1.29, 1.82) is 0 Å². The van der Waals surface area contributed by atoms with Crippen molar-refractivity contribution in [2.24, 2.45) is 11.5 Å². The van der Waals surface area contributed by atoms with Gasteiger partial charge < -0.3 is 41.4 Å². The summed E-state index contributed by atoms with van der Waals surface area (Å²) >= 11 is 0. The maximum atomic E-state index is 9.00. The zero-order chi connectivity index (χ0) is 12.6. The van der Waals surface area contributed by atoms with Crippen LogP contribution < -0.4 is 69.0 Å². The Morgan fingerprint density at radius 1 is 1.12 bits per heavy atom. The van der Waals surface area contributed by atoms with Gasteiger partial charge in [-0.15, -0.1) is 0 Å². The molecule has 15 heteroatoms. The molecule has 0 rings (SSSR count). The number of nitrogens with two attached hydrogens (primary N) is 2. The molecule has 0 heterocycles. The van der Waals surface area contributed by atoms with E-state index in [0.29, 0.717) is 0 Å². The molecule has 2 amide bonds. The summed E-state index contributed by atoms with van der Waals surface area (Å²) in [6.45, 7) is 0. The first kappa shape index (κ1) is 30.1. The molecule has 0 unspecified atom stereocenters. The molecule has 0 spiro atoms. The van der Waals surface area contributed by atoms with E-state index in [9.17, 15) is 0 Å². The van der Waals surface area contributed by atoms with Crippen LogP contribution in [0.5, 0.6) is 0 Å². The quantitative estimate of drug-likeness (QED) is 0.107. The summed E-state index contributed by atoms with van der Waals surface area (Å²) < 4.78 is 43.0. The van der Waals surface area contributed by atoms with E-state index >= 15 is 0 Å². The number of carbonyl (C=O) groups is 1. The van der Waals surface area contributed by atoms with Gasteiger partial charge in [0.15, 0.2) is 0 Å². The van der Waals surface area contributed by atoms with Crippen LogP contribution in [-0.4, -0.2) is 38.2 Å². The van der Waals surface area contributed by atoms with Crippen molar-refractivity contribution in [3.8, 4) is 0 Å². The van der Waals surface area contributed by atoms with Crippen molar-refractivity contribution in [3.05, 3.63) is 0 Å². The second kappa shape index (κ2) is 13.9. The van der Waals surface area contributed by atoms with Gasteiger partial charge in [0, 0.05) is 10.4 Å². The zero-order valence-corrected chi connectivity index (χ0v) is 13.1. The fourth-order valence-corrected chi connectivity index (χ4v) is 0. The summed E-state index contributed by atoms with van der Waals surface area (Å²) in [7, 11) is -9.81. The molecule has 0 aliphatic rings. The number of phosphoric acid groups is 1. The largest absolute Gasteiger partial charge is 1.00 e. The third-order valence-corrected chi connectivity index (χ3v) is 0. The van der Waals surface area contributed by atoms with Crippen LogP contribution in [0, 0.1) is 0 Å². The third-order valence-electron chi connectivity index (χ3n) is 0. The first-order chi connectivity index (χ1) is 5.73. The molecule has 0 aromatic rings. The smallest absolute Gasteiger partial charge is 0.759 e. The molecule has 0 aliphatic carbocycles. The van der Waals surface area contributed by atoms with Crippen LogP contribution in [0.25, 0.3) is 0 Å². The molecular formula is CH11KN3O9PS. The minimum atomic E-state index is -5.17. The number of hydrogen-bond donors (Lipinski definition) is 6. The summed E-state index contributed by atoms with van der Waals surface area (Å²) in [5.41, 5.74) is 8.50. The van der Waals surface area contributed by atoms with Gasteiger partial charge in [-0.05, 0) is 0 Å². The Bertz CT molecular complexity index is 276. The number of urea groups is 1. The molecule has 0 saturated heterocycles. The van der Waals surface area contributed by atoms with E-state index in [2.05, 4.69) is 11.5 Å². The van der Waals surface area contributed by atoms with Crippen LogP contribution in [0.1, 0.15) is 0 Å². The molecule has 96 valence electrons. The molecule has 0 aliphatic heterocycles. The van der Waals surface area contributed by atoms with Crippen molar-refractivity contribution >= 4 is 24.3 Å². The molecule has 0 bridgehead atoms. The first-order valence-electron chi connectivity index (χ1n) is 2.23. The van der Waals surface area contributed by atoms with Crippen LogP contribution in [-0.2, 0) is 15.0 Å². The minimum absolute atomic E-state index is 0. The van der Waals surface area contributed by atoms with Crippen LogP contribution in [0.2, 0.25) is 0 Å². The van der Waals surface area contributed by atoms with Gasteiger partial charge in [0.25, 0.3) is 0 Å². The minimum Gasteiger partial charge on any atom is -0.759 e. The Kier molecular flexibility index (Phi) is 26.2. The van der Waals surface area contributed by atoms with Gasteiger partial charge >= 0.3 is 65.2 Å². The van der Waals surface area contributed by atoms with Crippen molar-refractivity contribution in [3.63, 3.8) is 0 Å². The topological polar surface area (TPSA) is 264 Å². The maximum Gasteiger partial charge on any atom is 1.00 e. The Balaban J connectivity index is -0.0000000358. The normalized spacial score (nSPS) is 8.81. The van der Waals surface area contributed by atoms with E-state index in [0.717, 1.165) is 0 Å². The van der Waals surface area contributed by atoms with Gasteiger partial charge in [-0.1, -0.05) is 0 Å². The van der Waals surface area contributed by atoms with Gasteiger partial charge in [-0.25, -0.2) is 9.36 Å². The average molecular weight is 311 g/mol. The fourth-order valence-electron chi connectivity index (χ4n) is 0. The van der Waals surface area contributed by atoms with Gasteiger partial charge in [-0.3, -0.25) is 8.42 Å². The molecule has 0 fully saturated rings. The average Bonchev–Trinajstić information content (AvgIpc) is 1.45. The second-order valence-corrected chi connectivity index (χ2v) is 3.17. The Hall–Kier alpha value is 0.846. The molecular weight excluding hydrogens is 300 g/mol. The van der Waals surface area contributed by atoms with E-state index < -0.39 is 24.3 Å². The van der Waals surface area contributed by atoms with Crippen LogP contribution >= 0.6 is 7.82 Å². The molecule has 0 radical (unpaired) electrons. The number of amides is 2. The van der Waals surface area contributed by atoms with E-state index in [-0.39, 0.29) is 57.5 Å². The molecule has 0 saturated carbocycles. The van der Waals surface area contributed by atoms with Gasteiger partial charge in [-0.2, -0.15) is 0 Å². The van der Waals surface area contributed by atoms with E-state index in [1.165, 1.54) is 0 Å². The van der Waals surface area contributed by atoms with Crippen molar-refractivity contribution in [1.82, 2.24) is 6.15 Å². The summed E-state index contributed by atoms with van der Waals surface area (Å²) in [4.78, 5) is 30.6. The summed E-state index contributed by atoms with van der Waals surface area (Å²) in [5.74, 6) is 0. The molecule has 0 aromatic carbocycles. The Morgan fingerprint density at radius 3 is 1.12 bits per heavy atom. The maximum absolute atomic E-state index is 9.00. The van der Waals surface area contributed by atoms with E-state index in [1.807, 2.05) is 0 Å². The summed E-state index contributed by atoms with van der Waals surface area (Å²) in [5, 5.41) is 0. The Morgan fingerprint density at radius 2 is 1.12 bits per heavy atom. The molecule has 11 N–H and O–H groups in total. The molecule has 16 heavy (non-hydrogen) atoms. The zero-order valence-electron chi connectivity index (χ0n) is 8.30. The molecule has 12 nitrogen and oxygen atoms in total. The van der Waals surface area contributed by atoms with Crippen molar-refractivity contribution in [2.75, 3.05) is 0 Å². The van der Waals surface area contributed by atoms with Gasteiger partial charge in [0.2, 0.25) is 0 Å². The Labute approximate surface area is 133 Å². The van der Waals surface area contributed by atoms with E-state index in [1.54, 1.807) is 0 Å². The van der Waals surface area contributed by atoms with Gasteiger partial charge in [0.05, 0.1) is 0 Å². The number of quaternary nitrogens is 1. The predicted octanol–water partition coefficient (Wildman–Crippen LogP) is -5.86. The number of primary amides is 2. The standard InChI is InChI=1S/CH4N2O.K.H3N.H3O4P.H2O4S/c2-1(3)4;;;2*1-5(2,3)4/h(H4,2,3,4);;1H3;(H3,1,2,3,4);(H2,1,2,3,4)/q;+1;;;/p-1.